The lowest BCUT2D eigenvalue weighted by atomic mass is 9.90. The maximum Gasteiger partial charge on any atom is 0.338 e. The number of amides is 1. The van der Waals surface area contributed by atoms with Crippen LogP contribution in [0.15, 0.2) is 101 Å². The van der Waals surface area contributed by atoms with Gasteiger partial charge in [-0.05, 0) is 42.5 Å². The fourth-order valence-electron chi connectivity index (χ4n) is 4.67. The molecule has 1 atom stereocenters. The van der Waals surface area contributed by atoms with E-state index in [1.54, 1.807) is 19.1 Å². The summed E-state index contributed by atoms with van der Waals surface area (Å²) in [4.78, 5) is 33.4. The van der Waals surface area contributed by atoms with E-state index in [9.17, 15) is 14.0 Å². The normalized spacial score (nSPS) is 16.4. The summed E-state index contributed by atoms with van der Waals surface area (Å²) in [6.07, 6.45) is 0.0896. The highest BCUT2D eigenvalue weighted by Crippen LogP contribution is 2.47. The second kappa shape index (κ2) is 11.7. The van der Waals surface area contributed by atoms with Gasteiger partial charge in [0, 0.05) is 17.8 Å². The van der Waals surface area contributed by atoms with Gasteiger partial charge in [-0.25, -0.2) is 14.2 Å². The van der Waals surface area contributed by atoms with E-state index in [0.29, 0.717) is 16.4 Å². The number of esters is 1. The maximum absolute atomic E-state index is 13.5. The van der Waals surface area contributed by atoms with Crippen LogP contribution in [0.1, 0.15) is 41.6 Å². The minimum absolute atomic E-state index is 0.0896. The first-order valence-electron chi connectivity index (χ1n) is 12.7. The van der Waals surface area contributed by atoms with Crippen molar-refractivity contribution >= 4 is 34.5 Å². The number of fused-ring (bicyclic) bond motifs is 1. The first kappa shape index (κ1) is 26.4. The van der Waals surface area contributed by atoms with Crippen molar-refractivity contribution < 1.29 is 18.7 Å². The van der Waals surface area contributed by atoms with Crippen LogP contribution in [0.4, 0.5) is 4.39 Å². The van der Waals surface area contributed by atoms with Crippen molar-refractivity contribution in [3.63, 3.8) is 0 Å². The summed E-state index contributed by atoms with van der Waals surface area (Å²) in [5, 5.41) is 5.51. The number of thioether (sulfide) groups is 1. The Bertz CT molecular complexity index is 1480. The molecule has 39 heavy (non-hydrogen) atoms. The molecular weight excluding hydrogens is 513 g/mol. The van der Waals surface area contributed by atoms with Crippen molar-refractivity contribution in [3.8, 4) is 0 Å². The highest BCUT2D eigenvalue weighted by atomic mass is 32.2. The molecule has 0 aromatic heterocycles. The fraction of sp³-hybridized carbons (Fsp3) is 0.194. The van der Waals surface area contributed by atoms with Gasteiger partial charge in [0.25, 0.3) is 0 Å². The van der Waals surface area contributed by atoms with Gasteiger partial charge in [0.05, 0.1) is 30.3 Å². The van der Waals surface area contributed by atoms with E-state index >= 15 is 0 Å². The third-order valence-corrected chi connectivity index (χ3v) is 7.34. The van der Waals surface area contributed by atoms with E-state index in [1.807, 2.05) is 71.8 Å². The number of carbonyl (C=O) groups is 2. The van der Waals surface area contributed by atoms with Gasteiger partial charge >= 0.3 is 5.97 Å². The van der Waals surface area contributed by atoms with Gasteiger partial charge in [0.1, 0.15) is 5.82 Å². The molecule has 0 saturated carbocycles. The number of aliphatic imine (C=N–C) groups is 1. The third-order valence-electron chi connectivity index (χ3n) is 6.46. The number of aryl methyl sites for hydroxylation is 1. The molecule has 8 heteroatoms. The van der Waals surface area contributed by atoms with Gasteiger partial charge in [-0.15, -0.1) is 0 Å². The predicted octanol–water partition coefficient (Wildman–Crippen LogP) is 6.12. The van der Waals surface area contributed by atoms with Gasteiger partial charge in [0.15, 0.2) is 5.17 Å². The molecule has 198 valence electrons. The summed E-state index contributed by atoms with van der Waals surface area (Å²) in [6.45, 7) is 4.30. The van der Waals surface area contributed by atoms with E-state index < -0.39 is 12.0 Å². The van der Waals surface area contributed by atoms with Crippen molar-refractivity contribution in [1.29, 1.82) is 0 Å². The number of rotatable bonds is 8. The minimum Gasteiger partial charge on any atom is -0.463 e. The molecule has 2 aliphatic heterocycles. The number of amidine groups is 1. The van der Waals surface area contributed by atoms with E-state index in [2.05, 4.69) is 5.32 Å². The molecule has 2 aliphatic rings. The fourth-order valence-corrected chi connectivity index (χ4v) is 5.59. The van der Waals surface area contributed by atoms with Gasteiger partial charge in [-0.2, -0.15) is 0 Å². The molecule has 0 saturated heterocycles. The van der Waals surface area contributed by atoms with Crippen LogP contribution in [0, 0.1) is 12.7 Å². The molecule has 0 aliphatic carbocycles. The Kier molecular flexibility index (Phi) is 7.93. The van der Waals surface area contributed by atoms with Crippen molar-refractivity contribution in [2.75, 3.05) is 6.61 Å². The molecule has 1 amide bonds. The summed E-state index contributed by atoms with van der Waals surface area (Å²) in [5.74, 6) is -0.953. The lowest BCUT2D eigenvalue weighted by Gasteiger charge is -2.37. The highest BCUT2D eigenvalue weighted by Gasteiger charge is 2.42. The average molecular weight is 542 g/mol. The lowest BCUT2D eigenvalue weighted by molar-refractivity contribution is -0.139. The van der Waals surface area contributed by atoms with Crippen LogP contribution in [0.25, 0.3) is 5.70 Å². The maximum atomic E-state index is 13.5. The molecule has 0 bridgehead atoms. The van der Waals surface area contributed by atoms with E-state index in [-0.39, 0.29) is 31.3 Å². The average Bonchev–Trinajstić information content (AvgIpc) is 3.34. The van der Waals surface area contributed by atoms with Crippen LogP contribution in [0.3, 0.4) is 0 Å². The van der Waals surface area contributed by atoms with E-state index in [0.717, 1.165) is 28.0 Å². The Morgan fingerprint density at radius 3 is 2.54 bits per heavy atom. The van der Waals surface area contributed by atoms with Crippen LogP contribution in [-0.4, -0.2) is 28.6 Å². The standard InChI is InChI=1S/C31H28FN3O3S/c1-3-38-30(37)27-28(22-9-5-4-6-10-22)34-31-35(29(27)23-11-7-8-20(2)16-23)25(19-39-31)17-26(36)33-18-21-12-14-24(32)15-13-21/h4-16,19,29H,3,17-18H2,1-2H3,(H,33,36). The Labute approximate surface area is 231 Å². The third kappa shape index (κ3) is 5.81. The predicted molar refractivity (Wildman–Crippen MR) is 152 cm³/mol. The summed E-state index contributed by atoms with van der Waals surface area (Å²) in [7, 11) is 0. The molecule has 2 heterocycles. The minimum atomic E-state index is -0.530. The molecule has 3 aromatic carbocycles. The monoisotopic (exact) mass is 541 g/mol. The van der Waals surface area contributed by atoms with Crippen LogP contribution in [0.5, 0.6) is 0 Å². The van der Waals surface area contributed by atoms with Crippen LogP contribution in [-0.2, 0) is 20.9 Å². The van der Waals surface area contributed by atoms with E-state index in [4.69, 9.17) is 9.73 Å². The molecule has 0 fully saturated rings. The van der Waals surface area contributed by atoms with E-state index in [1.165, 1.54) is 23.9 Å². The van der Waals surface area contributed by atoms with Gasteiger partial charge in [-0.3, -0.25) is 4.79 Å². The quantitative estimate of drug-likeness (QED) is 0.348. The Morgan fingerprint density at radius 1 is 1.05 bits per heavy atom. The topological polar surface area (TPSA) is 71.0 Å². The number of ether oxygens (including phenoxy) is 1. The SMILES string of the molecule is CCOC(=O)C1=C(c2ccccc2)N=C2SC=C(CC(=O)NCc3ccc(F)cc3)N2C1c1cccc(C)c1. The number of benzene rings is 3. The summed E-state index contributed by atoms with van der Waals surface area (Å²) < 4.78 is 18.8. The largest absolute Gasteiger partial charge is 0.463 e. The van der Waals surface area contributed by atoms with Crippen LogP contribution >= 0.6 is 11.8 Å². The number of nitrogens with one attached hydrogen (secondary N) is 1. The number of carbonyl (C=O) groups excluding carboxylic acids is 2. The van der Waals surface area contributed by atoms with Crippen molar-refractivity contribution in [1.82, 2.24) is 10.2 Å². The molecule has 5 rings (SSSR count). The van der Waals surface area contributed by atoms with Crippen molar-refractivity contribution in [3.05, 3.63) is 124 Å². The molecule has 3 aromatic rings. The number of hydrogen-bond acceptors (Lipinski definition) is 6. The second-order valence-corrected chi connectivity index (χ2v) is 10.1. The first-order chi connectivity index (χ1) is 18.9. The molecule has 0 spiro atoms. The number of nitrogens with zero attached hydrogens (tertiary/aromatic N) is 2. The molecule has 1 unspecified atom stereocenters. The molecular formula is C31H28FN3O3S. The zero-order valence-electron chi connectivity index (χ0n) is 21.7. The highest BCUT2D eigenvalue weighted by molar-refractivity contribution is 8.16. The summed E-state index contributed by atoms with van der Waals surface area (Å²) in [5.41, 5.74) is 5.30. The smallest absolute Gasteiger partial charge is 0.338 e. The Hall–Kier alpha value is -4.17. The number of hydrogen-bond donors (Lipinski definition) is 1. The van der Waals surface area contributed by atoms with Gasteiger partial charge < -0.3 is 15.0 Å². The summed E-state index contributed by atoms with van der Waals surface area (Å²) in [6, 6.07) is 23.1. The van der Waals surface area contributed by atoms with Crippen LogP contribution < -0.4 is 5.32 Å². The van der Waals surface area contributed by atoms with Gasteiger partial charge in [-0.1, -0.05) is 84.1 Å². The van der Waals surface area contributed by atoms with Gasteiger partial charge in [0.2, 0.25) is 5.91 Å². The Balaban J connectivity index is 1.51. The molecule has 1 N–H and O–H groups in total. The first-order valence-corrected chi connectivity index (χ1v) is 13.6. The second-order valence-electron chi connectivity index (χ2n) is 9.24. The lowest BCUT2D eigenvalue weighted by Crippen LogP contribution is -2.38. The number of halogens is 1. The summed E-state index contributed by atoms with van der Waals surface area (Å²) >= 11 is 1.43. The van der Waals surface area contributed by atoms with Crippen molar-refractivity contribution in [2.45, 2.75) is 32.9 Å². The van der Waals surface area contributed by atoms with Crippen LogP contribution in [0.2, 0.25) is 0 Å². The van der Waals surface area contributed by atoms with Crippen molar-refractivity contribution in [2.24, 2.45) is 4.99 Å². The zero-order valence-corrected chi connectivity index (χ0v) is 22.5. The Morgan fingerprint density at radius 2 is 1.82 bits per heavy atom. The zero-order chi connectivity index (χ0) is 27.4. The molecule has 0 radical (unpaired) electrons. The molecule has 6 nitrogen and oxygen atoms in total.